The van der Waals surface area contributed by atoms with E-state index in [1.165, 1.54) is 19.2 Å². The number of hydrogen-bond donors (Lipinski definition) is 4. The van der Waals surface area contributed by atoms with E-state index in [1.54, 1.807) is 19.1 Å². The first-order valence-corrected chi connectivity index (χ1v) is 14.3. The molecule has 37 heavy (non-hydrogen) atoms. The number of piperidine rings is 1. The van der Waals surface area contributed by atoms with Crippen LogP contribution in [0.1, 0.15) is 43.7 Å². The Kier molecular flexibility index (Phi) is 8.17. The Hall–Kier alpha value is -2.99. The van der Waals surface area contributed by atoms with Crippen LogP contribution in [-0.2, 0) is 21.4 Å². The molecule has 2 heterocycles. The van der Waals surface area contributed by atoms with Gasteiger partial charge in [-0.05, 0) is 63.3 Å². The van der Waals surface area contributed by atoms with E-state index in [1.807, 2.05) is 14.5 Å². The molecule has 1 aromatic rings. The van der Waals surface area contributed by atoms with Gasteiger partial charge in [-0.25, -0.2) is 22.3 Å². The Morgan fingerprint density at radius 3 is 2.70 bits per heavy atom. The number of aryl methyl sites for hydroxylation is 1. The Bertz CT molecular complexity index is 1230. The van der Waals surface area contributed by atoms with Crippen LogP contribution in [0.15, 0.2) is 35.8 Å². The normalized spacial score (nSPS) is 19.7. The number of likely N-dealkylation sites (tertiary alicyclic amines) is 1. The fraction of sp³-hybridized carbons (Fsp3) is 0.500. The molecule has 1 atom stereocenters. The number of carbonyl (C=O) groups is 2. The summed E-state index contributed by atoms with van der Waals surface area (Å²) < 4.78 is 39.9. The highest BCUT2D eigenvalue weighted by Gasteiger charge is 2.39. The van der Waals surface area contributed by atoms with Gasteiger partial charge in [-0.3, -0.25) is 10.2 Å². The smallest absolute Gasteiger partial charge is 0.318 e. The molecule has 202 valence electrons. The number of nitrogens with zero attached hydrogens (tertiary/aromatic N) is 2. The fourth-order valence-corrected chi connectivity index (χ4v) is 5.18. The number of halogens is 2. The first-order chi connectivity index (χ1) is 17.6. The summed E-state index contributed by atoms with van der Waals surface area (Å²) >= 11 is 5.98. The highest BCUT2D eigenvalue weighted by atomic mass is 35.5. The molecule has 3 amide bonds. The van der Waals surface area contributed by atoms with Crippen LogP contribution in [0.4, 0.5) is 9.18 Å². The molecule has 1 saturated heterocycles. The molecule has 1 saturated carbocycles. The van der Waals surface area contributed by atoms with Gasteiger partial charge in [0.2, 0.25) is 10.0 Å². The zero-order chi connectivity index (χ0) is 26.7. The van der Waals surface area contributed by atoms with E-state index in [0.29, 0.717) is 29.5 Å². The van der Waals surface area contributed by atoms with Gasteiger partial charge in [0.1, 0.15) is 11.6 Å². The fourth-order valence-electron chi connectivity index (χ4n) is 4.48. The number of benzene rings is 1. The summed E-state index contributed by atoms with van der Waals surface area (Å²) in [4.78, 5) is 29.6. The van der Waals surface area contributed by atoms with Crippen molar-refractivity contribution in [1.82, 2.24) is 30.7 Å². The molecule has 3 aliphatic rings. The van der Waals surface area contributed by atoms with Gasteiger partial charge < -0.3 is 20.5 Å². The van der Waals surface area contributed by atoms with Crippen molar-refractivity contribution in [3.8, 4) is 0 Å². The average Bonchev–Trinajstić information content (AvgIpc) is 3.71. The molecule has 1 unspecified atom stereocenters. The van der Waals surface area contributed by atoms with Crippen LogP contribution >= 0.6 is 11.6 Å². The number of urea groups is 1. The van der Waals surface area contributed by atoms with Crippen LogP contribution in [0.2, 0.25) is 5.02 Å². The van der Waals surface area contributed by atoms with Gasteiger partial charge in [0.25, 0.3) is 5.91 Å². The lowest BCUT2D eigenvalue weighted by Crippen LogP contribution is -2.55. The molecule has 4 N–H and O–H groups in total. The number of hydrogen-bond acceptors (Lipinski definition) is 7. The van der Waals surface area contributed by atoms with E-state index in [-0.39, 0.29) is 36.0 Å². The van der Waals surface area contributed by atoms with Crippen molar-refractivity contribution in [3.63, 3.8) is 0 Å². The minimum atomic E-state index is -3.69. The molecule has 2 aliphatic heterocycles. The van der Waals surface area contributed by atoms with Crippen LogP contribution in [0.3, 0.4) is 0 Å². The summed E-state index contributed by atoms with van der Waals surface area (Å²) in [5.74, 6) is -0.766. The summed E-state index contributed by atoms with van der Waals surface area (Å²) in [6.07, 6.45) is 6.45. The summed E-state index contributed by atoms with van der Waals surface area (Å²) in [5, 5.41) is 3.22. The lowest BCUT2D eigenvalue weighted by atomic mass is 10.0. The van der Waals surface area contributed by atoms with Crippen LogP contribution in [0, 0.1) is 12.7 Å². The van der Waals surface area contributed by atoms with Crippen LogP contribution in [0.25, 0.3) is 0 Å². The first kappa shape index (κ1) is 27.1. The quantitative estimate of drug-likeness (QED) is 0.388. The summed E-state index contributed by atoms with van der Waals surface area (Å²) in [7, 11) is -3.69. The maximum atomic E-state index is 14.3. The number of rotatable bonds is 8. The van der Waals surface area contributed by atoms with Gasteiger partial charge in [0.15, 0.2) is 0 Å². The standard InChI is InChI=1S/C24H32ClFN6O4S/c1-3-37(35,36)30-23(33)17-10-22(29-28-13-17)31-8-4-5-19(14-31)32(18-6-7-18)24(34)27-12-16-9-15(2)20(25)11-21(16)26/h9-11,13,18-19,28-29H,3-8,12,14H2,1-2H3,(H,27,34)(H,30,33). The molecule has 0 spiro atoms. The molecule has 1 aromatic carbocycles. The zero-order valence-electron chi connectivity index (χ0n) is 20.8. The van der Waals surface area contributed by atoms with Crippen molar-refractivity contribution in [2.45, 2.75) is 58.2 Å². The molecule has 0 bridgehead atoms. The Labute approximate surface area is 221 Å². The second kappa shape index (κ2) is 11.2. The number of amides is 3. The second-order valence-corrected chi connectivity index (χ2v) is 11.9. The first-order valence-electron chi connectivity index (χ1n) is 12.3. The van der Waals surface area contributed by atoms with Gasteiger partial charge in [-0.15, -0.1) is 0 Å². The summed E-state index contributed by atoms with van der Waals surface area (Å²) in [6, 6.07) is 2.71. The topological polar surface area (TPSA) is 123 Å². The zero-order valence-corrected chi connectivity index (χ0v) is 22.4. The third-order valence-corrected chi connectivity index (χ3v) is 8.34. The second-order valence-electron chi connectivity index (χ2n) is 9.47. The average molecular weight is 555 g/mol. The summed E-state index contributed by atoms with van der Waals surface area (Å²) in [6.45, 7) is 4.53. The lowest BCUT2D eigenvalue weighted by Gasteiger charge is -2.41. The Morgan fingerprint density at radius 2 is 2.00 bits per heavy atom. The Morgan fingerprint density at radius 1 is 1.24 bits per heavy atom. The molecule has 13 heteroatoms. The van der Waals surface area contributed by atoms with Gasteiger partial charge >= 0.3 is 6.03 Å². The van der Waals surface area contributed by atoms with E-state index >= 15 is 0 Å². The number of sulfonamides is 1. The minimum Gasteiger partial charge on any atom is -0.355 e. The van der Waals surface area contributed by atoms with E-state index in [4.69, 9.17) is 11.6 Å². The van der Waals surface area contributed by atoms with Crippen molar-refractivity contribution < 1.29 is 22.4 Å². The van der Waals surface area contributed by atoms with Crippen molar-refractivity contribution in [1.29, 1.82) is 0 Å². The number of carbonyl (C=O) groups excluding carboxylic acids is 2. The molecular formula is C24H32ClFN6O4S. The van der Waals surface area contributed by atoms with Crippen LogP contribution in [-0.4, -0.2) is 61.1 Å². The molecule has 2 fully saturated rings. The lowest BCUT2D eigenvalue weighted by molar-refractivity contribution is -0.115. The molecule has 1 aliphatic carbocycles. The molecular weight excluding hydrogens is 523 g/mol. The van der Waals surface area contributed by atoms with Crippen molar-refractivity contribution in [2.75, 3.05) is 18.8 Å². The molecule has 4 rings (SSSR count). The maximum absolute atomic E-state index is 14.3. The minimum absolute atomic E-state index is 0.0584. The van der Waals surface area contributed by atoms with Crippen molar-refractivity contribution in [3.05, 3.63) is 57.8 Å². The van der Waals surface area contributed by atoms with Gasteiger partial charge in [-0.2, -0.15) is 0 Å². The van der Waals surface area contributed by atoms with E-state index in [2.05, 4.69) is 16.2 Å². The maximum Gasteiger partial charge on any atom is 0.318 e. The SMILES string of the molecule is CCS(=O)(=O)NC(=O)C1=CNNC(N2CCCC(N(C(=O)NCc3cc(C)c(Cl)cc3F)C3CC3)C2)=C1. The van der Waals surface area contributed by atoms with Gasteiger partial charge in [0, 0.05) is 42.5 Å². The van der Waals surface area contributed by atoms with Gasteiger partial charge in [-0.1, -0.05) is 11.6 Å². The highest BCUT2D eigenvalue weighted by molar-refractivity contribution is 7.90. The van der Waals surface area contributed by atoms with Gasteiger partial charge in [0.05, 0.1) is 17.4 Å². The largest absolute Gasteiger partial charge is 0.355 e. The third-order valence-electron chi connectivity index (χ3n) is 6.67. The predicted molar refractivity (Wildman–Crippen MR) is 138 cm³/mol. The van der Waals surface area contributed by atoms with Crippen LogP contribution in [0.5, 0.6) is 0 Å². The van der Waals surface area contributed by atoms with E-state index in [0.717, 1.165) is 31.2 Å². The van der Waals surface area contributed by atoms with E-state index in [9.17, 15) is 22.4 Å². The van der Waals surface area contributed by atoms with E-state index < -0.39 is 21.7 Å². The predicted octanol–water partition coefficient (Wildman–Crippen LogP) is 2.22. The summed E-state index contributed by atoms with van der Waals surface area (Å²) in [5.41, 5.74) is 7.10. The molecule has 0 aromatic heterocycles. The third kappa shape index (κ3) is 6.67. The monoisotopic (exact) mass is 554 g/mol. The van der Waals surface area contributed by atoms with Crippen molar-refractivity contribution in [2.24, 2.45) is 0 Å². The highest BCUT2D eigenvalue weighted by Crippen LogP contribution is 2.32. The Balaban J connectivity index is 1.42. The molecule has 0 radical (unpaired) electrons. The van der Waals surface area contributed by atoms with Crippen LogP contribution < -0.4 is 20.9 Å². The molecule has 10 nitrogen and oxygen atoms in total. The number of nitrogens with one attached hydrogen (secondary N) is 4. The number of hydrazine groups is 1. The van der Waals surface area contributed by atoms with Crippen molar-refractivity contribution >= 4 is 33.6 Å².